The fraction of sp³-hybridized carbons (Fsp3) is 0.200. The van der Waals surface area contributed by atoms with Crippen molar-refractivity contribution in [3.63, 3.8) is 0 Å². The standard InChI is InChI=1S/C15H14FN3/c1-10(2)12-5-8-14-17-18-15(19(14)9-12)11-3-6-13(16)7-4-11/h3-10H,1-2H3. The summed E-state index contributed by atoms with van der Waals surface area (Å²) >= 11 is 0. The number of nitrogens with zero attached hydrogens (tertiary/aromatic N) is 3. The summed E-state index contributed by atoms with van der Waals surface area (Å²) in [5.41, 5.74) is 2.87. The monoisotopic (exact) mass is 255 g/mol. The molecule has 0 atom stereocenters. The lowest BCUT2D eigenvalue weighted by atomic mass is 10.1. The number of rotatable bonds is 2. The average molecular weight is 255 g/mol. The molecule has 0 aliphatic rings. The maximum absolute atomic E-state index is 13.0. The van der Waals surface area contributed by atoms with Crippen LogP contribution in [0.2, 0.25) is 0 Å². The SMILES string of the molecule is CC(C)c1ccc2nnc(-c3ccc(F)cc3)n2c1. The van der Waals surface area contributed by atoms with E-state index in [2.05, 4.69) is 30.1 Å². The summed E-state index contributed by atoms with van der Waals surface area (Å²) in [7, 11) is 0. The molecule has 0 bridgehead atoms. The summed E-state index contributed by atoms with van der Waals surface area (Å²) in [4.78, 5) is 0. The van der Waals surface area contributed by atoms with Crippen LogP contribution in [0.4, 0.5) is 4.39 Å². The van der Waals surface area contributed by atoms with E-state index in [1.807, 2.05) is 16.7 Å². The number of fused-ring (bicyclic) bond motifs is 1. The van der Waals surface area contributed by atoms with E-state index in [0.717, 1.165) is 17.0 Å². The number of pyridine rings is 1. The van der Waals surface area contributed by atoms with Crippen LogP contribution in [0.3, 0.4) is 0 Å². The predicted octanol–water partition coefficient (Wildman–Crippen LogP) is 3.66. The maximum Gasteiger partial charge on any atom is 0.168 e. The highest BCUT2D eigenvalue weighted by atomic mass is 19.1. The molecule has 96 valence electrons. The molecule has 0 aliphatic heterocycles. The number of halogens is 1. The molecular formula is C15H14FN3. The Morgan fingerprint density at radius 1 is 1.00 bits per heavy atom. The molecule has 0 saturated carbocycles. The fourth-order valence-corrected chi connectivity index (χ4v) is 2.04. The molecule has 0 N–H and O–H groups in total. The molecule has 3 aromatic rings. The van der Waals surface area contributed by atoms with E-state index in [9.17, 15) is 4.39 Å². The third kappa shape index (κ3) is 2.10. The van der Waals surface area contributed by atoms with Gasteiger partial charge in [-0.2, -0.15) is 0 Å². The fourth-order valence-electron chi connectivity index (χ4n) is 2.04. The molecule has 0 amide bonds. The molecule has 1 aromatic carbocycles. The molecule has 0 aliphatic carbocycles. The van der Waals surface area contributed by atoms with E-state index in [1.54, 1.807) is 12.1 Å². The van der Waals surface area contributed by atoms with Gasteiger partial charge in [-0.15, -0.1) is 10.2 Å². The lowest BCUT2D eigenvalue weighted by molar-refractivity contribution is 0.628. The van der Waals surface area contributed by atoms with Gasteiger partial charge in [0.15, 0.2) is 11.5 Å². The van der Waals surface area contributed by atoms with Crippen molar-refractivity contribution in [1.29, 1.82) is 0 Å². The predicted molar refractivity (Wildman–Crippen MR) is 72.5 cm³/mol. The Morgan fingerprint density at radius 3 is 2.42 bits per heavy atom. The lowest BCUT2D eigenvalue weighted by Gasteiger charge is -2.06. The van der Waals surface area contributed by atoms with Gasteiger partial charge in [0.25, 0.3) is 0 Å². The summed E-state index contributed by atoms with van der Waals surface area (Å²) in [5, 5.41) is 8.32. The van der Waals surface area contributed by atoms with Crippen molar-refractivity contribution in [2.45, 2.75) is 19.8 Å². The normalized spacial score (nSPS) is 11.4. The van der Waals surface area contributed by atoms with Crippen LogP contribution < -0.4 is 0 Å². The Morgan fingerprint density at radius 2 is 1.74 bits per heavy atom. The second-order valence-corrected chi connectivity index (χ2v) is 4.88. The van der Waals surface area contributed by atoms with Crippen LogP contribution in [0.1, 0.15) is 25.3 Å². The molecule has 0 saturated heterocycles. The van der Waals surface area contributed by atoms with E-state index in [1.165, 1.54) is 17.7 Å². The molecule has 0 unspecified atom stereocenters. The average Bonchev–Trinajstić information content (AvgIpc) is 2.82. The van der Waals surface area contributed by atoms with Gasteiger partial charge < -0.3 is 0 Å². The first kappa shape index (κ1) is 11.8. The third-order valence-corrected chi connectivity index (χ3v) is 3.19. The number of hydrogen-bond donors (Lipinski definition) is 0. The van der Waals surface area contributed by atoms with Gasteiger partial charge in [0.1, 0.15) is 5.82 Å². The van der Waals surface area contributed by atoms with Crippen molar-refractivity contribution in [3.8, 4) is 11.4 Å². The zero-order valence-corrected chi connectivity index (χ0v) is 10.8. The van der Waals surface area contributed by atoms with Gasteiger partial charge in [0, 0.05) is 11.8 Å². The highest BCUT2D eigenvalue weighted by Gasteiger charge is 2.09. The van der Waals surface area contributed by atoms with Crippen LogP contribution in [0.25, 0.3) is 17.0 Å². The topological polar surface area (TPSA) is 30.2 Å². The van der Waals surface area contributed by atoms with Crippen molar-refractivity contribution < 1.29 is 4.39 Å². The van der Waals surface area contributed by atoms with E-state index >= 15 is 0 Å². The Bertz CT molecular complexity index is 714. The number of hydrogen-bond acceptors (Lipinski definition) is 2. The third-order valence-electron chi connectivity index (χ3n) is 3.19. The van der Waals surface area contributed by atoms with E-state index in [-0.39, 0.29) is 5.82 Å². The van der Waals surface area contributed by atoms with Crippen molar-refractivity contribution in [2.24, 2.45) is 0 Å². The van der Waals surface area contributed by atoms with Crippen molar-refractivity contribution in [3.05, 3.63) is 54.0 Å². The van der Waals surface area contributed by atoms with Crippen LogP contribution in [0.15, 0.2) is 42.6 Å². The first-order valence-electron chi connectivity index (χ1n) is 6.26. The molecule has 19 heavy (non-hydrogen) atoms. The largest absolute Gasteiger partial charge is 0.282 e. The number of aromatic nitrogens is 3. The molecule has 3 rings (SSSR count). The van der Waals surface area contributed by atoms with Gasteiger partial charge in [-0.3, -0.25) is 4.40 Å². The summed E-state index contributed by atoms with van der Waals surface area (Å²) in [6.45, 7) is 4.28. The van der Waals surface area contributed by atoms with Crippen molar-refractivity contribution in [2.75, 3.05) is 0 Å². The van der Waals surface area contributed by atoms with Crippen LogP contribution in [0, 0.1) is 5.82 Å². The Balaban J connectivity index is 2.18. The minimum absolute atomic E-state index is 0.250. The molecule has 3 nitrogen and oxygen atoms in total. The molecule has 2 aromatic heterocycles. The Labute approximate surface area is 110 Å². The van der Waals surface area contributed by atoms with Gasteiger partial charge >= 0.3 is 0 Å². The summed E-state index contributed by atoms with van der Waals surface area (Å²) in [6.07, 6.45) is 2.04. The Hall–Kier alpha value is -2.23. The van der Waals surface area contributed by atoms with Crippen LogP contribution >= 0.6 is 0 Å². The van der Waals surface area contributed by atoms with Crippen molar-refractivity contribution in [1.82, 2.24) is 14.6 Å². The Kier molecular flexibility index (Phi) is 2.78. The van der Waals surface area contributed by atoms with Crippen LogP contribution in [-0.2, 0) is 0 Å². The summed E-state index contributed by atoms with van der Waals surface area (Å²) in [5.74, 6) is 0.922. The zero-order valence-electron chi connectivity index (χ0n) is 10.8. The van der Waals surface area contributed by atoms with E-state index in [4.69, 9.17) is 0 Å². The smallest absolute Gasteiger partial charge is 0.168 e. The summed E-state index contributed by atoms with van der Waals surface area (Å²) in [6, 6.07) is 10.3. The van der Waals surface area contributed by atoms with Gasteiger partial charge in [0.05, 0.1) is 0 Å². The minimum Gasteiger partial charge on any atom is -0.282 e. The summed E-state index contributed by atoms with van der Waals surface area (Å²) < 4.78 is 14.9. The first-order valence-corrected chi connectivity index (χ1v) is 6.26. The van der Waals surface area contributed by atoms with Crippen molar-refractivity contribution >= 4 is 5.65 Å². The first-order chi connectivity index (χ1) is 9.15. The van der Waals surface area contributed by atoms with Gasteiger partial charge in [-0.25, -0.2) is 4.39 Å². The molecular weight excluding hydrogens is 241 g/mol. The van der Waals surface area contributed by atoms with Gasteiger partial charge in [-0.05, 0) is 41.8 Å². The van der Waals surface area contributed by atoms with Gasteiger partial charge in [-0.1, -0.05) is 19.9 Å². The molecule has 0 fully saturated rings. The van der Waals surface area contributed by atoms with Crippen LogP contribution in [-0.4, -0.2) is 14.6 Å². The van der Waals surface area contributed by atoms with E-state index < -0.39 is 0 Å². The highest BCUT2D eigenvalue weighted by molar-refractivity contribution is 5.59. The second-order valence-electron chi connectivity index (χ2n) is 4.88. The zero-order chi connectivity index (χ0) is 13.4. The number of benzene rings is 1. The van der Waals surface area contributed by atoms with E-state index in [0.29, 0.717) is 5.92 Å². The lowest BCUT2D eigenvalue weighted by Crippen LogP contribution is -1.94. The highest BCUT2D eigenvalue weighted by Crippen LogP contribution is 2.21. The quantitative estimate of drug-likeness (QED) is 0.699. The maximum atomic E-state index is 13.0. The minimum atomic E-state index is -0.250. The van der Waals surface area contributed by atoms with Gasteiger partial charge in [0.2, 0.25) is 0 Å². The molecule has 4 heteroatoms. The second kappa shape index (κ2) is 4.46. The molecule has 0 spiro atoms. The molecule has 2 heterocycles. The van der Waals surface area contributed by atoms with Crippen LogP contribution in [0.5, 0.6) is 0 Å². The molecule has 0 radical (unpaired) electrons.